The third-order valence-electron chi connectivity index (χ3n) is 3.76. The SMILES string of the molecule is COC(=O)CCc1ccccc1CCOC1CCCCO1. The van der Waals surface area contributed by atoms with Gasteiger partial charge >= 0.3 is 5.97 Å². The van der Waals surface area contributed by atoms with Crippen molar-refractivity contribution in [3.8, 4) is 0 Å². The van der Waals surface area contributed by atoms with Gasteiger partial charge in [-0.2, -0.15) is 0 Å². The number of esters is 1. The molecule has 4 heteroatoms. The number of aryl methyl sites for hydroxylation is 1. The molecule has 0 bridgehead atoms. The van der Waals surface area contributed by atoms with Gasteiger partial charge in [0.05, 0.1) is 13.7 Å². The molecule has 1 atom stereocenters. The van der Waals surface area contributed by atoms with E-state index >= 15 is 0 Å². The highest BCUT2D eigenvalue weighted by Crippen LogP contribution is 2.16. The second-order valence-electron chi connectivity index (χ2n) is 5.26. The van der Waals surface area contributed by atoms with Crippen molar-refractivity contribution in [1.82, 2.24) is 0 Å². The van der Waals surface area contributed by atoms with E-state index in [4.69, 9.17) is 14.2 Å². The van der Waals surface area contributed by atoms with E-state index in [1.165, 1.54) is 24.7 Å². The average Bonchev–Trinajstić information content (AvgIpc) is 2.54. The van der Waals surface area contributed by atoms with Crippen molar-refractivity contribution < 1.29 is 19.0 Å². The lowest BCUT2D eigenvalue weighted by Crippen LogP contribution is -2.23. The summed E-state index contributed by atoms with van der Waals surface area (Å²) in [5.41, 5.74) is 2.42. The molecule has 1 aromatic carbocycles. The van der Waals surface area contributed by atoms with E-state index in [1.807, 2.05) is 12.1 Å². The molecule has 4 nitrogen and oxygen atoms in total. The van der Waals surface area contributed by atoms with Gasteiger partial charge in [0.2, 0.25) is 0 Å². The summed E-state index contributed by atoms with van der Waals surface area (Å²) in [6.45, 7) is 1.46. The van der Waals surface area contributed by atoms with Crippen LogP contribution in [0.5, 0.6) is 0 Å². The lowest BCUT2D eigenvalue weighted by molar-refractivity contribution is -0.161. The maximum absolute atomic E-state index is 11.3. The summed E-state index contributed by atoms with van der Waals surface area (Å²) in [5, 5.41) is 0. The van der Waals surface area contributed by atoms with Crippen LogP contribution in [0.15, 0.2) is 24.3 Å². The average molecular weight is 292 g/mol. The first-order chi connectivity index (χ1) is 10.3. The Hall–Kier alpha value is -1.39. The maximum atomic E-state index is 11.3. The summed E-state index contributed by atoms with van der Waals surface area (Å²) >= 11 is 0. The molecule has 2 rings (SSSR count). The van der Waals surface area contributed by atoms with Gasteiger partial charge in [0.15, 0.2) is 6.29 Å². The number of benzene rings is 1. The number of carbonyl (C=O) groups excluding carboxylic acids is 1. The molecule has 1 aromatic rings. The standard InChI is InChI=1S/C17H24O4/c1-19-16(18)10-9-14-6-2-3-7-15(14)11-13-21-17-8-4-5-12-20-17/h2-3,6-7,17H,4-5,8-13H2,1H3. The van der Waals surface area contributed by atoms with Crippen molar-refractivity contribution in [1.29, 1.82) is 0 Å². The van der Waals surface area contributed by atoms with Crippen LogP contribution in [0.2, 0.25) is 0 Å². The lowest BCUT2D eigenvalue weighted by Gasteiger charge is -2.22. The Bertz CT molecular complexity index is 438. The van der Waals surface area contributed by atoms with Crippen LogP contribution in [0, 0.1) is 0 Å². The molecule has 0 spiro atoms. The Balaban J connectivity index is 1.80. The highest BCUT2D eigenvalue weighted by molar-refractivity contribution is 5.69. The second-order valence-corrected chi connectivity index (χ2v) is 5.26. The van der Waals surface area contributed by atoms with Crippen LogP contribution in [-0.2, 0) is 31.8 Å². The molecule has 0 amide bonds. The molecule has 1 heterocycles. The molecule has 1 saturated heterocycles. The van der Waals surface area contributed by atoms with Crippen LogP contribution >= 0.6 is 0 Å². The van der Waals surface area contributed by atoms with Crippen LogP contribution in [0.25, 0.3) is 0 Å². The predicted octanol–water partition coefficient (Wildman–Crippen LogP) is 2.88. The van der Waals surface area contributed by atoms with Gasteiger partial charge < -0.3 is 14.2 Å². The van der Waals surface area contributed by atoms with Gasteiger partial charge in [-0.05, 0) is 43.2 Å². The maximum Gasteiger partial charge on any atom is 0.305 e. The summed E-state index contributed by atoms with van der Waals surface area (Å²) in [5.74, 6) is -0.170. The van der Waals surface area contributed by atoms with Crippen LogP contribution < -0.4 is 0 Å². The number of rotatable bonds is 7. The van der Waals surface area contributed by atoms with Gasteiger partial charge in [-0.3, -0.25) is 4.79 Å². The fourth-order valence-electron chi connectivity index (χ4n) is 2.53. The third-order valence-corrected chi connectivity index (χ3v) is 3.76. The number of hydrogen-bond donors (Lipinski definition) is 0. The predicted molar refractivity (Wildman–Crippen MR) is 80.0 cm³/mol. The number of methoxy groups -OCH3 is 1. The topological polar surface area (TPSA) is 44.8 Å². The monoisotopic (exact) mass is 292 g/mol. The first kappa shape index (κ1) is 16.0. The van der Waals surface area contributed by atoms with E-state index in [9.17, 15) is 4.79 Å². The summed E-state index contributed by atoms with van der Waals surface area (Å²) in [6.07, 6.45) is 5.24. The summed E-state index contributed by atoms with van der Waals surface area (Å²) in [4.78, 5) is 11.3. The fraction of sp³-hybridized carbons (Fsp3) is 0.588. The third kappa shape index (κ3) is 5.48. The molecule has 116 valence electrons. The van der Waals surface area contributed by atoms with E-state index in [0.29, 0.717) is 19.4 Å². The largest absolute Gasteiger partial charge is 0.469 e. The van der Waals surface area contributed by atoms with E-state index in [-0.39, 0.29) is 12.3 Å². The van der Waals surface area contributed by atoms with Gasteiger partial charge in [-0.25, -0.2) is 0 Å². The quantitative estimate of drug-likeness (QED) is 0.725. The Morgan fingerprint density at radius 3 is 2.67 bits per heavy atom. The molecule has 0 aliphatic carbocycles. The Kier molecular flexibility index (Phi) is 6.70. The minimum Gasteiger partial charge on any atom is -0.469 e. The minimum absolute atomic E-state index is 0.0408. The Morgan fingerprint density at radius 2 is 2.00 bits per heavy atom. The van der Waals surface area contributed by atoms with E-state index < -0.39 is 0 Å². The normalized spacial score (nSPS) is 18.4. The zero-order valence-electron chi connectivity index (χ0n) is 12.7. The molecule has 1 aliphatic rings. The number of carbonyl (C=O) groups is 1. The molecule has 1 unspecified atom stereocenters. The van der Waals surface area contributed by atoms with Crippen molar-refractivity contribution in [2.24, 2.45) is 0 Å². The van der Waals surface area contributed by atoms with Gasteiger partial charge in [0.25, 0.3) is 0 Å². The van der Waals surface area contributed by atoms with Gasteiger partial charge in [0.1, 0.15) is 0 Å². The summed E-state index contributed by atoms with van der Waals surface area (Å²) in [7, 11) is 1.42. The zero-order chi connectivity index (χ0) is 14.9. The smallest absolute Gasteiger partial charge is 0.305 e. The van der Waals surface area contributed by atoms with Gasteiger partial charge in [0, 0.05) is 13.0 Å². The first-order valence-electron chi connectivity index (χ1n) is 7.66. The minimum atomic E-state index is -0.170. The van der Waals surface area contributed by atoms with Crippen LogP contribution in [-0.4, -0.2) is 32.6 Å². The molecule has 1 fully saturated rings. The van der Waals surface area contributed by atoms with Crippen LogP contribution in [0.4, 0.5) is 0 Å². The van der Waals surface area contributed by atoms with Gasteiger partial charge in [-0.1, -0.05) is 24.3 Å². The second kappa shape index (κ2) is 8.80. The van der Waals surface area contributed by atoms with Crippen molar-refractivity contribution in [3.63, 3.8) is 0 Å². The van der Waals surface area contributed by atoms with Crippen LogP contribution in [0.1, 0.15) is 36.8 Å². The van der Waals surface area contributed by atoms with Gasteiger partial charge in [-0.15, -0.1) is 0 Å². The summed E-state index contributed by atoms with van der Waals surface area (Å²) < 4.78 is 16.0. The molecule has 0 radical (unpaired) electrons. The van der Waals surface area contributed by atoms with Crippen LogP contribution in [0.3, 0.4) is 0 Å². The molecule has 21 heavy (non-hydrogen) atoms. The van der Waals surface area contributed by atoms with E-state index in [0.717, 1.165) is 25.9 Å². The lowest BCUT2D eigenvalue weighted by atomic mass is 10.0. The molecule has 0 saturated carbocycles. The molecule has 1 aliphatic heterocycles. The van der Waals surface area contributed by atoms with Crippen molar-refractivity contribution in [2.45, 2.75) is 44.8 Å². The summed E-state index contributed by atoms with van der Waals surface area (Å²) in [6, 6.07) is 8.18. The highest BCUT2D eigenvalue weighted by Gasteiger charge is 2.14. The Morgan fingerprint density at radius 1 is 1.24 bits per heavy atom. The van der Waals surface area contributed by atoms with Crippen molar-refractivity contribution in [3.05, 3.63) is 35.4 Å². The van der Waals surface area contributed by atoms with E-state index in [1.54, 1.807) is 0 Å². The molecule has 0 N–H and O–H groups in total. The molecule has 0 aromatic heterocycles. The van der Waals surface area contributed by atoms with Crippen molar-refractivity contribution in [2.75, 3.05) is 20.3 Å². The Labute approximate surface area is 126 Å². The fourth-order valence-corrected chi connectivity index (χ4v) is 2.53. The molecular weight excluding hydrogens is 268 g/mol. The van der Waals surface area contributed by atoms with Crippen molar-refractivity contribution >= 4 is 5.97 Å². The van der Waals surface area contributed by atoms with E-state index in [2.05, 4.69) is 12.1 Å². The number of hydrogen-bond acceptors (Lipinski definition) is 4. The zero-order valence-corrected chi connectivity index (χ0v) is 12.7. The first-order valence-corrected chi connectivity index (χ1v) is 7.66. The number of ether oxygens (including phenoxy) is 3. The molecular formula is C17H24O4. The highest BCUT2D eigenvalue weighted by atomic mass is 16.7.